The lowest BCUT2D eigenvalue weighted by atomic mass is 10.1. The van der Waals surface area contributed by atoms with Gasteiger partial charge in [-0.25, -0.2) is 4.39 Å². The first-order valence-corrected chi connectivity index (χ1v) is 9.44. The summed E-state index contributed by atoms with van der Waals surface area (Å²) in [6, 6.07) is 7.75. The van der Waals surface area contributed by atoms with Crippen molar-refractivity contribution >= 4 is 10.9 Å². The Hall–Kier alpha value is -2.54. The molecule has 0 N–H and O–H groups in total. The summed E-state index contributed by atoms with van der Waals surface area (Å²) in [6.45, 7) is 3.39. The molecule has 0 bridgehead atoms. The molecule has 0 aliphatic carbocycles. The second-order valence-corrected chi connectivity index (χ2v) is 7.28. The molecule has 3 rings (SSSR count). The van der Waals surface area contributed by atoms with Gasteiger partial charge in [0.25, 0.3) is 0 Å². The molecule has 3 nitrogen and oxygen atoms in total. The van der Waals surface area contributed by atoms with E-state index in [9.17, 15) is 17.6 Å². The number of hydrogen-bond donors (Lipinski definition) is 0. The summed E-state index contributed by atoms with van der Waals surface area (Å²) < 4.78 is 60.8. The van der Waals surface area contributed by atoms with Crippen LogP contribution in [0.5, 0.6) is 5.75 Å². The summed E-state index contributed by atoms with van der Waals surface area (Å²) in [4.78, 5) is 2.06. The smallest absolute Gasteiger partial charge is 0.416 e. The third-order valence-corrected chi connectivity index (χ3v) is 4.81. The summed E-state index contributed by atoms with van der Waals surface area (Å²) in [5.74, 6) is -0.0955. The van der Waals surface area contributed by atoms with Crippen LogP contribution in [0.4, 0.5) is 17.6 Å². The number of hydrogen-bond acceptors (Lipinski definition) is 2. The maximum absolute atomic E-state index is 14.2. The number of fused-ring (bicyclic) bond motifs is 1. The van der Waals surface area contributed by atoms with E-state index in [-0.39, 0.29) is 6.61 Å². The Morgan fingerprint density at radius 1 is 1.10 bits per heavy atom. The molecule has 0 spiro atoms. The number of alkyl halides is 3. The maximum Gasteiger partial charge on any atom is 0.416 e. The van der Waals surface area contributed by atoms with Crippen LogP contribution in [0.3, 0.4) is 0 Å². The fourth-order valence-electron chi connectivity index (χ4n) is 3.35. The van der Waals surface area contributed by atoms with Crippen LogP contribution >= 0.6 is 0 Å². The van der Waals surface area contributed by atoms with Crippen molar-refractivity contribution < 1.29 is 22.3 Å². The molecule has 0 saturated heterocycles. The van der Waals surface area contributed by atoms with Crippen molar-refractivity contribution in [1.82, 2.24) is 9.47 Å². The standard InChI is InChI=1S/C22H24F4N2O/c1-4-28-13-16(8-9-27(2)3)21-19(28)11-18(23)12-20(21)29-14-15-6-5-7-17(10-15)22(24,25)26/h5-7,10-13H,4,8-9,14H2,1-3H3. The highest BCUT2D eigenvalue weighted by Crippen LogP contribution is 2.34. The highest BCUT2D eigenvalue weighted by atomic mass is 19.4. The summed E-state index contributed by atoms with van der Waals surface area (Å²) in [5, 5.41) is 0.807. The van der Waals surface area contributed by atoms with Gasteiger partial charge < -0.3 is 14.2 Å². The molecule has 0 fully saturated rings. The van der Waals surface area contributed by atoms with Gasteiger partial charge in [0.15, 0.2) is 0 Å². The van der Waals surface area contributed by atoms with E-state index in [2.05, 4.69) is 4.90 Å². The Morgan fingerprint density at radius 3 is 2.52 bits per heavy atom. The number of nitrogens with zero attached hydrogens (tertiary/aromatic N) is 2. The zero-order valence-electron chi connectivity index (χ0n) is 16.7. The van der Waals surface area contributed by atoms with Crippen molar-refractivity contribution in [2.24, 2.45) is 0 Å². The van der Waals surface area contributed by atoms with E-state index >= 15 is 0 Å². The molecule has 156 valence electrons. The molecule has 0 aliphatic rings. The van der Waals surface area contributed by atoms with E-state index in [0.717, 1.165) is 41.6 Å². The van der Waals surface area contributed by atoms with Crippen LogP contribution in [0.15, 0.2) is 42.6 Å². The molecule has 1 aromatic heterocycles. The second kappa shape index (κ2) is 8.45. The second-order valence-electron chi connectivity index (χ2n) is 7.28. The number of benzene rings is 2. The Balaban J connectivity index is 1.95. The van der Waals surface area contributed by atoms with Gasteiger partial charge >= 0.3 is 6.18 Å². The van der Waals surface area contributed by atoms with E-state index in [1.807, 2.05) is 31.8 Å². The first-order chi connectivity index (χ1) is 13.7. The van der Waals surface area contributed by atoms with E-state index in [4.69, 9.17) is 4.74 Å². The summed E-state index contributed by atoms with van der Waals surface area (Å²) >= 11 is 0. The Morgan fingerprint density at radius 2 is 1.86 bits per heavy atom. The highest BCUT2D eigenvalue weighted by molar-refractivity contribution is 5.90. The minimum Gasteiger partial charge on any atom is -0.488 e. The summed E-state index contributed by atoms with van der Waals surface area (Å²) in [7, 11) is 3.95. The molecule has 0 amide bonds. The average molecular weight is 408 g/mol. The van der Waals surface area contributed by atoms with Gasteiger partial charge in [0.1, 0.15) is 18.2 Å². The number of halogens is 4. The van der Waals surface area contributed by atoms with Gasteiger partial charge in [-0.2, -0.15) is 13.2 Å². The SMILES string of the molecule is CCn1cc(CCN(C)C)c2c(OCc3cccc(C(F)(F)F)c3)cc(F)cc21. The molecule has 0 radical (unpaired) electrons. The van der Waals surface area contributed by atoms with Crippen molar-refractivity contribution in [2.45, 2.75) is 32.7 Å². The predicted octanol–water partition coefficient (Wildman–Crippen LogP) is 5.50. The van der Waals surface area contributed by atoms with E-state index in [1.165, 1.54) is 18.2 Å². The van der Waals surface area contributed by atoms with Gasteiger partial charge in [-0.3, -0.25) is 0 Å². The third kappa shape index (κ3) is 4.90. The van der Waals surface area contributed by atoms with Crippen LogP contribution in [-0.2, 0) is 25.7 Å². The van der Waals surface area contributed by atoms with Crippen LogP contribution in [-0.4, -0.2) is 30.1 Å². The molecule has 29 heavy (non-hydrogen) atoms. The van der Waals surface area contributed by atoms with Crippen LogP contribution in [0.25, 0.3) is 10.9 Å². The number of rotatable bonds is 7. The van der Waals surface area contributed by atoms with Crippen LogP contribution in [0.1, 0.15) is 23.6 Å². The van der Waals surface area contributed by atoms with Gasteiger partial charge in [-0.1, -0.05) is 12.1 Å². The Kier molecular flexibility index (Phi) is 6.17. The molecule has 0 atom stereocenters. The lowest BCUT2D eigenvalue weighted by molar-refractivity contribution is -0.137. The van der Waals surface area contributed by atoms with E-state index in [1.54, 1.807) is 6.07 Å². The third-order valence-electron chi connectivity index (χ3n) is 4.81. The molecule has 1 heterocycles. The fraction of sp³-hybridized carbons (Fsp3) is 0.364. The zero-order chi connectivity index (χ0) is 21.2. The van der Waals surface area contributed by atoms with Crippen molar-refractivity contribution in [1.29, 1.82) is 0 Å². The molecule has 2 aromatic carbocycles. The molecule has 3 aromatic rings. The molecule has 7 heteroatoms. The maximum atomic E-state index is 14.2. The van der Waals surface area contributed by atoms with Gasteiger partial charge in [-0.15, -0.1) is 0 Å². The monoisotopic (exact) mass is 408 g/mol. The Bertz CT molecular complexity index is 992. The van der Waals surface area contributed by atoms with Crippen molar-refractivity contribution in [3.63, 3.8) is 0 Å². The molecular weight excluding hydrogens is 384 g/mol. The summed E-state index contributed by atoms with van der Waals surface area (Å²) in [5.41, 5.74) is 1.39. The number of likely N-dealkylation sites (N-methyl/N-ethyl adjacent to an activating group) is 1. The number of ether oxygens (including phenoxy) is 1. The van der Waals surface area contributed by atoms with Crippen molar-refractivity contribution in [2.75, 3.05) is 20.6 Å². The lowest BCUT2D eigenvalue weighted by Gasteiger charge is -2.13. The highest BCUT2D eigenvalue weighted by Gasteiger charge is 2.30. The molecular formula is C22H24F4N2O. The average Bonchev–Trinajstić information content (AvgIpc) is 3.01. The summed E-state index contributed by atoms with van der Waals surface area (Å²) in [6.07, 6.45) is -1.67. The van der Waals surface area contributed by atoms with Gasteiger partial charge in [0, 0.05) is 30.7 Å². The largest absolute Gasteiger partial charge is 0.488 e. The minimum absolute atomic E-state index is 0.0765. The lowest BCUT2D eigenvalue weighted by Crippen LogP contribution is -2.15. The zero-order valence-corrected chi connectivity index (χ0v) is 16.7. The predicted molar refractivity (Wildman–Crippen MR) is 106 cm³/mol. The number of aromatic nitrogens is 1. The minimum atomic E-state index is -4.42. The first kappa shape index (κ1) is 21.2. The van der Waals surface area contributed by atoms with Crippen molar-refractivity contribution in [3.8, 4) is 5.75 Å². The van der Waals surface area contributed by atoms with E-state index in [0.29, 0.717) is 17.9 Å². The fourth-order valence-corrected chi connectivity index (χ4v) is 3.35. The van der Waals surface area contributed by atoms with Crippen LogP contribution < -0.4 is 4.74 Å². The van der Waals surface area contributed by atoms with Gasteiger partial charge in [0.2, 0.25) is 0 Å². The van der Waals surface area contributed by atoms with E-state index < -0.39 is 17.6 Å². The molecule has 0 aliphatic heterocycles. The van der Waals surface area contributed by atoms with Crippen LogP contribution in [0, 0.1) is 5.82 Å². The van der Waals surface area contributed by atoms with Crippen LogP contribution in [0.2, 0.25) is 0 Å². The normalized spacial score (nSPS) is 12.1. The van der Waals surface area contributed by atoms with Gasteiger partial charge in [0.05, 0.1) is 11.1 Å². The molecule has 0 saturated carbocycles. The topological polar surface area (TPSA) is 17.4 Å². The molecule has 0 unspecified atom stereocenters. The quantitative estimate of drug-likeness (QED) is 0.480. The van der Waals surface area contributed by atoms with Crippen molar-refractivity contribution in [3.05, 3.63) is 65.1 Å². The first-order valence-electron chi connectivity index (χ1n) is 9.44. The number of aryl methyl sites for hydroxylation is 1. The Labute approximate surface area is 167 Å². The van der Waals surface area contributed by atoms with Gasteiger partial charge in [-0.05, 0) is 56.8 Å².